The Morgan fingerprint density at radius 2 is 2.26 bits per heavy atom. The van der Waals surface area contributed by atoms with Gasteiger partial charge in [-0.2, -0.15) is 5.10 Å². The molecule has 0 fully saturated rings. The summed E-state index contributed by atoms with van der Waals surface area (Å²) in [6.07, 6.45) is 4.76. The highest BCUT2D eigenvalue weighted by Crippen LogP contribution is 2.15. The van der Waals surface area contributed by atoms with E-state index in [-0.39, 0.29) is 12.0 Å². The molecule has 0 aliphatic rings. The fourth-order valence-corrected chi connectivity index (χ4v) is 1.66. The number of carbonyl (C=O) groups excluding carboxylic acids is 1. The molecule has 2 heterocycles. The lowest BCUT2D eigenvalue weighted by Gasteiger charge is -2.14. The summed E-state index contributed by atoms with van der Waals surface area (Å²) in [7, 11) is 1.46. The van der Waals surface area contributed by atoms with Crippen LogP contribution < -0.4 is 4.74 Å². The van der Waals surface area contributed by atoms with Crippen molar-refractivity contribution >= 4 is 5.97 Å². The van der Waals surface area contributed by atoms with Gasteiger partial charge in [0.05, 0.1) is 13.7 Å². The van der Waals surface area contributed by atoms with E-state index >= 15 is 0 Å². The molecule has 0 aromatic carbocycles. The van der Waals surface area contributed by atoms with Crippen molar-refractivity contribution in [1.29, 1.82) is 0 Å². The summed E-state index contributed by atoms with van der Waals surface area (Å²) < 4.78 is 12.1. The predicted molar refractivity (Wildman–Crippen MR) is 67.9 cm³/mol. The number of hydrogen-bond donors (Lipinski definition) is 0. The maximum atomic E-state index is 12.0. The summed E-state index contributed by atoms with van der Waals surface area (Å²) in [5, 5.41) is 4.06. The first kappa shape index (κ1) is 13.1. The van der Waals surface area contributed by atoms with Crippen LogP contribution in [0.1, 0.15) is 17.3 Å². The summed E-state index contributed by atoms with van der Waals surface area (Å²) in [4.78, 5) is 16.0. The van der Waals surface area contributed by atoms with E-state index in [1.54, 1.807) is 29.2 Å². The molecule has 0 radical (unpaired) electrons. The molecule has 0 aliphatic heterocycles. The van der Waals surface area contributed by atoms with Crippen molar-refractivity contribution in [3.05, 3.63) is 42.4 Å². The fraction of sp³-hybridized carbons (Fsp3) is 0.308. The van der Waals surface area contributed by atoms with Gasteiger partial charge >= 0.3 is 5.97 Å². The van der Waals surface area contributed by atoms with Crippen molar-refractivity contribution in [1.82, 2.24) is 14.8 Å². The molecule has 0 saturated heterocycles. The van der Waals surface area contributed by atoms with Gasteiger partial charge in [0.1, 0.15) is 11.7 Å². The topological polar surface area (TPSA) is 66.2 Å². The monoisotopic (exact) mass is 261 g/mol. The van der Waals surface area contributed by atoms with Gasteiger partial charge in [0, 0.05) is 18.6 Å². The van der Waals surface area contributed by atoms with Crippen molar-refractivity contribution < 1.29 is 14.3 Å². The number of hydrogen-bond acceptors (Lipinski definition) is 5. The molecule has 2 rings (SSSR count). The van der Waals surface area contributed by atoms with E-state index in [9.17, 15) is 4.79 Å². The summed E-state index contributed by atoms with van der Waals surface area (Å²) in [5.41, 5.74) is 0.317. The van der Waals surface area contributed by atoms with Crippen molar-refractivity contribution in [3.8, 4) is 5.88 Å². The van der Waals surface area contributed by atoms with Gasteiger partial charge in [0.25, 0.3) is 0 Å². The minimum Gasteiger partial charge on any atom is -0.480 e. The van der Waals surface area contributed by atoms with Gasteiger partial charge in [-0.3, -0.25) is 4.68 Å². The third-order valence-electron chi connectivity index (χ3n) is 2.50. The van der Waals surface area contributed by atoms with Crippen LogP contribution in [0.15, 0.2) is 36.8 Å². The summed E-state index contributed by atoms with van der Waals surface area (Å²) in [5.74, 6) is -0.191. The Balaban J connectivity index is 2.00. The second-order valence-electron chi connectivity index (χ2n) is 4.00. The Labute approximate surface area is 111 Å². The number of pyridine rings is 1. The Morgan fingerprint density at radius 3 is 2.95 bits per heavy atom. The van der Waals surface area contributed by atoms with E-state index < -0.39 is 5.97 Å². The molecule has 0 aliphatic carbocycles. The number of nitrogens with zero attached hydrogens (tertiary/aromatic N) is 3. The molecule has 1 atom stereocenters. The quantitative estimate of drug-likeness (QED) is 0.764. The third-order valence-corrected chi connectivity index (χ3v) is 2.50. The molecule has 19 heavy (non-hydrogen) atoms. The van der Waals surface area contributed by atoms with Crippen LogP contribution in [0, 0.1) is 0 Å². The molecule has 0 amide bonds. The average Bonchev–Trinajstić information content (AvgIpc) is 2.91. The number of esters is 1. The molecule has 6 nitrogen and oxygen atoms in total. The van der Waals surface area contributed by atoms with E-state index in [2.05, 4.69) is 10.1 Å². The van der Waals surface area contributed by atoms with Gasteiger partial charge < -0.3 is 9.47 Å². The van der Waals surface area contributed by atoms with E-state index in [1.165, 1.54) is 7.11 Å². The van der Waals surface area contributed by atoms with Crippen molar-refractivity contribution in [3.63, 3.8) is 0 Å². The molecule has 0 bridgehead atoms. The molecule has 0 N–H and O–H groups in total. The third kappa shape index (κ3) is 3.31. The van der Waals surface area contributed by atoms with Crippen LogP contribution in [0.3, 0.4) is 0 Å². The lowest BCUT2D eigenvalue weighted by Crippen LogP contribution is -2.21. The van der Waals surface area contributed by atoms with Crippen LogP contribution in [0.2, 0.25) is 0 Å². The van der Waals surface area contributed by atoms with Crippen molar-refractivity contribution in [2.24, 2.45) is 0 Å². The van der Waals surface area contributed by atoms with Crippen molar-refractivity contribution in [2.45, 2.75) is 19.6 Å². The molecular formula is C13H15N3O3. The van der Waals surface area contributed by atoms with Gasteiger partial charge in [-0.15, -0.1) is 0 Å². The van der Waals surface area contributed by atoms with Gasteiger partial charge in [-0.1, -0.05) is 0 Å². The fourth-order valence-electron chi connectivity index (χ4n) is 1.66. The zero-order chi connectivity index (χ0) is 13.7. The van der Waals surface area contributed by atoms with E-state index in [1.807, 2.05) is 19.2 Å². The zero-order valence-corrected chi connectivity index (χ0v) is 10.8. The van der Waals surface area contributed by atoms with Gasteiger partial charge in [0.2, 0.25) is 5.88 Å². The van der Waals surface area contributed by atoms with Crippen LogP contribution in [0.5, 0.6) is 5.88 Å². The van der Waals surface area contributed by atoms with Crippen LogP contribution in [0.4, 0.5) is 0 Å². The molecule has 2 aromatic rings. The first-order chi connectivity index (χ1) is 9.20. The molecular weight excluding hydrogens is 246 g/mol. The predicted octanol–water partition coefficient (Wildman–Crippen LogP) is 1.53. The molecule has 100 valence electrons. The van der Waals surface area contributed by atoms with Crippen LogP contribution in [-0.4, -0.2) is 33.9 Å². The second-order valence-corrected chi connectivity index (χ2v) is 4.00. The minimum atomic E-state index is -0.454. The normalized spacial score (nSPS) is 11.9. The average molecular weight is 261 g/mol. The molecule has 0 unspecified atom stereocenters. The Morgan fingerprint density at radius 1 is 1.42 bits per heavy atom. The lowest BCUT2D eigenvalue weighted by molar-refractivity contribution is 0.0294. The first-order valence-corrected chi connectivity index (χ1v) is 5.88. The van der Waals surface area contributed by atoms with Crippen LogP contribution >= 0.6 is 0 Å². The number of methoxy groups -OCH3 is 1. The van der Waals surface area contributed by atoms with Gasteiger partial charge in [-0.25, -0.2) is 9.78 Å². The Hall–Kier alpha value is -2.37. The zero-order valence-electron chi connectivity index (χ0n) is 10.8. The maximum absolute atomic E-state index is 12.0. The summed E-state index contributed by atoms with van der Waals surface area (Å²) in [6, 6.07) is 5.10. The lowest BCUT2D eigenvalue weighted by atomic mass is 10.2. The van der Waals surface area contributed by atoms with Crippen molar-refractivity contribution in [2.75, 3.05) is 7.11 Å². The number of carbonyl (C=O) groups is 1. The minimum absolute atomic E-state index is 0.263. The molecule has 2 aromatic heterocycles. The van der Waals surface area contributed by atoms with E-state index in [0.29, 0.717) is 12.1 Å². The molecule has 0 spiro atoms. The smallest absolute Gasteiger partial charge is 0.343 e. The Kier molecular flexibility index (Phi) is 4.12. The molecule has 0 saturated carbocycles. The first-order valence-electron chi connectivity index (χ1n) is 5.88. The summed E-state index contributed by atoms with van der Waals surface area (Å²) >= 11 is 0. The Bertz CT molecular complexity index is 540. The van der Waals surface area contributed by atoms with Gasteiger partial charge in [0.15, 0.2) is 0 Å². The standard InChI is InChI=1S/C13H15N3O3/c1-10(9-16-8-4-7-15-16)19-13(17)11-5-3-6-14-12(11)18-2/h3-8,10H,9H2,1-2H3/t10-/m1/s1. The van der Waals surface area contributed by atoms with Crippen LogP contribution in [0.25, 0.3) is 0 Å². The highest BCUT2D eigenvalue weighted by molar-refractivity contribution is 5.91. The van der Waals surface area contributed by atoms with Gasteiger partial charge in [-0.05, 0) is 25.1 Å². The molecule has 6 heteroatoms. The van der Waals surface area contributed by atoms with E-state index in [0.717, 1.165) is 0 Å². The van der Waals surface area contributed by atoms with Crippen LogP contribution in [-0.2, 0) is 11.3 Å². The van der Waals surface area contributed by atoms with E-state index in [4.69, 9.17) is 9.47 Å². The maximum Gasteiger partial charge on any atom is 0.343 e. The highest BCUT2D eigenvalue weighted by atomic mass is 16.5. The SMILES string of the molecule is COc1ncccc1C(=O)O[C@H](C)Cn1cccn1. The largest absolute Gasteiger partial charge is 0.480 e. The number of aromatic nitrogens is 3. The summed E-state index contributed by atoms with van der Waals surface area (Å²) in [6.45, 7) is 2.31. The number of rotatable bonds is 5. The second kappa shape index (κ2) is 5.99. The highest BCUT2D eigenvalue weighted by Gasteiger charge is 2.17. The number of ether oxygens (including phenoxy) is 2.